The van der Waals surface area contributed by atoms with Gasteiger partial charge in [0.15, 0.2) is 0 Å². The molecular formula is C7H24N4. The third-order valence-electron chi connectivity index (χ3n) is 2.26. The van der Waals surface area contributed by atoms with E-state index in [2.05, 4.69) is 21.8 Å². The van der Waals surface area contributed by atoms with Crippen molar-refractivity contribution in [3.63, 3.8) is 0 Å². The van der Waals surface area contributed by atoms with Gasteiger partial charge >= 0.3 is 0 Å². The zero-order chi connectivity index (χ0) is 18.1. The highest BCUT2D eigenvalue weighted by molar-refractivity contribution is 4.79. The number of likely N-dealkylation sites (tertiary alicyclic amines) is 1. The first kappa shape index (κ1) is 3.78. The fraction of sp³-hybridized carbons (Fsp3) is 1.00. The molecule has 4 nitrogen and oxygen atoms in total. The van der Waals surface area contributed by atoms with E-state index in [-0.39, 0.29) is 0 Å². The predicted octanol–water partition coefficient (Wildman–Crippen LogP) is 3.01. The van der Waals surface area contributed by atoms with Crippen LogP contribution in [0.25, 0.3) is 10.4 Å². The summed E-state index contributed by atoms with van der Waals surface area (Å²) in [5, 5.41) is 3.59. The molecule has 0 amide bonds. The summed E-state index contributed by atoms with van der Waals surface area (Å²) in [6, 6.07) is 0.510. The van der Waals surface area contributed by atoms with E-state index in [9.17, 15) is 0 Å². The third-order valence-corrected chi connectivity index (χ3v) is 2.26. The topological polar surface area (TPSA) is 52.0 Å². The van der Waals surface area contributed by atoms with Crippen LogP contribution in [0, 0.1) is 0 Å². The van der Waals surface area contributed by atoms with Crippen molar-refractivity contribution in [2.45, 2.75) is 25.8 Å². The maximum absolute atomic E-state index is 8.13. The second kappa shape index (κ2) is 4.21. The van der Waals surface area contributed by atoms with E-state index in [1.54, 1.807) is 0 Å². The van der Waals surface area contributed by atoms with Gasteiger partial charge in [0.2, 0.25) is 0 Å². The van der Waals surface area contributed by atoms with Gasteiger partial charge in [-0.25, -0.2) is 0 Å². The predicted molar refractivity (Wildman–Crippen MR) is 54.9 cm³/mol. The van der Waals surface area contributed by atoms with Gasteiger partial charge in [-0.3, -0.25) is 0 Å². The van der Waals surface area contributed by atoms with E-state index in [4.69, 9.17) is 20.4 Å². The maximum Gasteiger partial charge on any atom is 0.0414 e. The molecule has 1 heterocycles. The normalized spacial score (nSPS) is 28.6. The molecule has 0 saturated carbocycles. The molecule has 0 spiro atoms. The van der Waals surface area contributed by atoms with E-state index in [1.807, 2.05) is 0 Å². The van der Waals surface area contributed by atoms with Crippen LogP contribution in [-0.4, -0.2) is 30.6 Å². The van der Waals surface area contributed by atoms with Gasteiger partial charge in [-0.2, -0.15) is 0 Å². The van der Waals surface area contributed by atoms with Gasteiger partial charge in [0.05, 0.1) is 0 Å². The Morgan fingerprint density at radius 2 is 2.73 bits per heavy atom. The van der Waals surface area contributed by atoms with E-state index >= 15 is 0 Å². The first-order valence-corrected chi connectivity index (χ1v) is 4.13. The van der Waals surface area contributed by atoms with Gasteiger partial charge in [-0.1, -0.05) is 12.0 Å². The number of rotatable bonds is 3. The molecule has 1 aliphatic heterocycles. The Balaban J connectivity index is -0.0000000727. The Hall–Kier alpha value is -0.730. The van der Waals surface area contributed by atoms with Crippen molar-refractivity contribution in [2.24, 2.45) is 5.11 Å². The lowest BCUT2D eigenvalue weighted by molar-refractivity contribution is 0.272. The van der Waals surface area contributed by atoms with Crippen molar-refractivity contribution in [3.05, 3.63) is 10.4 Å². The summed E-state index contributed by atoms with van der Waals surface area (Å²) in [5.41, 5.74) is 8.13. The standard InChI is InChI=1S/C7H14N4.5H2/c1-2-11-5-3-4-7(11)6-9-10-8;;;;;/h7H,2-6H2,1H3;5*1H/i;5*1+1D. The smallest absolute Gasteiger partial charge is 0.0414 e. The zero-order valence-electron chi connectivity index (χ0n) is 16.9. The molecule has 0 aromatic heterocycles. The van der Waals surface area contributed by atoms with E-state index in [1.165, 1.54) is 19.4 Å². The van der Waals surface area contributed by atoms with Crippen molar-refractivity contribution in [2.75, 3.05) is 19.6 Å². The highest BCUT2D eigenvalue weighted by Gasteiger charge is 2.21. The molecule has 0 aromatic carbocycles. The fourth-order valence-corrected chi connectivity index (χ4v) is 1.65. The lowest BCUT2D eigenvalue weighted by Gasteiger charge is -2.20. The van der Waals surface area contributed by atoms with E-state index in [0.717, 1.165) is 6.54 Å². The van der Waals surface area contributed by atoms with Crippen molar-refractivity contribution in [1.29, 1.82) is 0 Å². The molecular weight excluding hydrogens is 140 g/mol. The molecule has 11 heavy (non-hydrogen) atoms. The molecule has 0 bridgehead atoms. The Labute approximate surface area is 82.2 Å². The minimum atomic E-state index is 0.510. The van der Waals surface area contributed by atoms with Crippen LogP contribution in [0.2, 0.25) is 0 Å². The minimum absolute atomic E-state index is 0.510. The summed E-state index contributed by atoms with van der Waals surface area (Å²) in [6.07, 6.45) is 2.44. The van der Waals surface area contributed by atoms with Crippen LogP contribution >= 0.6 is 0 Å². The summed E-state index contributed by atoms with van der Waals surface area (Å²) in [6.45, 7) is 5.03. The van der Waals surface area contributed by atoms with Crippen molar-refractivity contribution in [1.82, 2.24) is 4.90 Å². The monoisotopic (exact) mass is 174 g/mol. The molecule has 1 atom stereocenters. The lowest BCUT2D eigenvalue weighted by Crippen LogP contribution is -2.31. The quantitative estimate of drug-likeness (QED) is 0.368. The summed E-state index contributed by atoms with van der Waals surface area (Å²) >= 11 is 0. The van der Waals surface area contributed by atoms with Gasteiger partial charge in [0.25, 0.3) is 0 Å². The van der Waals surface area contributed by atoms with E-state index < -0.39 is 0 Å². The SMILES string of the molecule is CCN1CCCC1CN=[N+]=[N-].[2H][2H].[2H][2H].[2H][2H].[2H][2H].[2H][2H]. The molecule has 1 fully saturated rings. The van der Waals surface area contributed by atoms with Crippen molar-refractivity contribution >= 4 is 0 Å². The van der Waals surface area contributed by atoms with Crippen LogP contribution < -0.4 is 0 Å². The van der Waals surface area contributed by atoms with Crippen LogP contribution in [0.3, 0.4) is 0 Å². The molecule has 72 valence electrons. The van der Waals surface area contributed by atoms with Gasteiger partial charge in [0, 0.05) is 32.3 Å². The minimum Gasteiger partial charge on any atom is -0.301 e. The second-order valence-electron chi connectivity index (χ2n) is 2.84. The van der Waals surface area contributed by atoms with Crippen LogP contribution in [0.4, 0.5) is 0 Å². The number of azide groups is 1. The Bertz CT molecular complexity index is 183. The highest BCUT2D eigenvalue weighted by Crippen LogP contribution is 2.16. The Morgan fingerprint density at radius 3 is 3.36 bits per heavy atom. The van der Waals surface area contributed by atoms with Crippen LogP contribution in [0.1, 0.15) is 34.6 Å². The van der Waals surface area contributed by atoms with Crippen molar-refractivity contribution < 1.29 is 14.8 Å². The number of nitrogens with zero attached hydrogens (tertiary/aromatic N) is 4. The maximum atomic E-state index is 8.13. The zero-order valence-corrected chi connectivity index (χ0v) is 6.90. The van der Waals surface area contributed by atoms with Gasteiger partial charge in [0.1, 0.15) is 0 Å². The first-order valence-electron chi connectivity index (χ1n) is 9.13. The average molecular weight is 174 g/mol. The van der Waals surface area contributed by atoms with Crippen LogP contribution in [-0.2, 0) is 0 Å². The number of hydrogen-bond donors (Lipinski definition) is 0. The Morgan fingerprint density at radius 1 is 1.91 bits per heavy atom. The summed E-state index contributed by atoms with van der Waals surface area (Å²) in [5.74, 6) is 0. The van der Waals surface area contributed by atoms with Crippen LogP contribution in [0.5, 0.6) is 0 Å². The summed E-state index contributed by atoms with van der Waals surface area (Å²) < 4.78 is 50.0. The average Bonchev–Trinajstić information content (AvgIpc) is 3.09. The Kier molecular flexibility index (Phi) is 1.45. The highest BCUT2D eigenvalue weighted by atomic mass is 15.2. The molecule has 1 unspecified atom stereocenters. The molecule has 0 N–H and O–H groups in total. The molecule has 4 heteroatoms. The number of hydrogen-bond acceptors (Lipinski definition) is 2. The molecule has 1 saturated heterocycles. The molecule has 1 rings (SSSR count). The van der Waals surface area contributed by atoms with Gasteiger partial charge in [-0.15, -0.1) is 0 Å². The molecule has 0 radical (unpaired) electrons. The third kappa shape index (κ3) is 2.10. The largest absolute Gasteiger partial charge is 0.301 e. The molecule has 1 aliphatic rings. The summed E-state index contributed by atoms with van der Waals surface area (Å²) in [4.78, 5) is 5.14. The molecule has 0 aliphatic carbocycles. The second-order valence-corrected chi connectivity index (χ2v) is 2.84. The van der Waals surface area contributed by atoms with Gasteiger partial charge < -0.3 is 4.90 Å². The lowest BCUT2D eigenvalue weighted by atomic mass is 10.2. The first-order chi connectivity index (χ1) is 10.4. The van der Waals surface area contributed by atoms with Crippen LogP contribution in [0.15, 0.2) is 5.11 Å². The van der Waals surface area contributed by atoms with Gasteiger partial charge in [-0.05, 0) is 31.5 Å². The number of likely N-dealkylation sites (N-methyl/N-ethyl adjacent to an activating group) is 1. The molecule has 0 aromatic rings. The fourth-order valence-electron chi connectivity index (χ4n) is 1.65. The van der Waals surface area contributed by atoms with Crippen molar-refractivity contribution in [3.8, 4) is 0 Å². The summed E-state index contributed by atoms with van der Waals surface area (Å²) in [7, 11) is 0. The van der Waals surface area contributed by atoms with E-state index in [0.29, 0.717) is 12.6 Å².